The van der Waals surface area contributed by atoms with E-state index in [1.807, 2.05) is 47.4 Å². The molecule has 0 saturated heterocycles. The summed E-state index contributed by atoms with van der Waals surface area (Å²) in [4.78, 5) is 15.1. The second-order valence-corrected chi connectivity index (χ2v) is 6.91. The van der Waals surface area contributed by atoms with Crippen molar-refractivity contribution >= 4 is 11.6 Å². The number of amides is 1. The maximum Gasteiger partial charge on any atom is 0.231 e. The number of hydrogen-bond acceptors (Lipinski definition) is 4. The van der Waals surface area contributed by atoms with Crippen LogP contribution in [0.15, 0.2) is 42.5 Å². The molecule has 27 heavy (non-hydrogen) atoms. The highest BCUT2D eigenvalue weighted by Gasteiger charge is 2.35. The monoisotopic (exact) mass is 369 g/mol. The third-order valence-electron chi connectivity index (χ3n) is 5.13. The standard InChI is InChI=1S/C22H27NO4/c1-15(17-6-7-17)23(18-8-10-19(25-2)11-9-18)22(24)14-16-5-12-20(26-3)21(13-16)27-4/h5,8-13,15,17H,6-7,14H2,1-4H3. The number of carbonyl (C=O) groups excluding carboxylic acids is 1. The maximum atomic E-state index is 13.2. The number of nitrogens with zero attached hydrogens (tertiary/aromatic N) is 1. The molecule has 3 rings (SSSR count). The van der Waals surface area contributed by atoms with Gasteiger partial charge in [0.05, 0.1) is 27.8 Å². The van der Waals surface area contributed by atoms with Crippen molar-refractivity contribution in [3.8, 4) is 17.2 Å². The zero-order valence-electron chi connectivity index (χ0n) is 16.4. The van der Waals surface area contributed by atoms with Gasteiger partial charge in [-0.3, -0.25) is 4.79 Å². The zero-order valence-corrected chi connectivity index (χ0v) is 16.4. The normalized spacial score (nSPS) is 14.4. The average molecular weight is 369 g/mol. The predicted octanol–water partition coefficient (Wildman–Crippen LogP) is 4.09. The van der Waals surface area contributed by atoms with Crippen LogP contribution in [0, 0.1) is 5.92 Å². The van der Waals surface area contributed by atoms with E-state index in [0.29, 0.717) is 23.8 Å². The smallest absolute Gasteiger partial charge is 0.231 e. The lowest BCUT2D eigenvalue weighted by Gasteiger charge is -2.30. The van der Waals surface area contributed by atoms with Crippen molar-refractivity contribution < 1.29 is 19.0 Å². The summed E-state index contributed by atoms with van der Waals surface area (Å²) in [6.45, 7) is 2.13. The Morgan fingerprint density at radius 3 is 2.22 bits per heavy atom. The molecule has 1 atom stereocenters. The van der Waals surface area contributed by atoms with E-state index in [-0.39, 0.29) is 11.9 Å². The number of benzene rings is 2. The van der Waals surface area contributed by atoms with Crippen molar-refractivity contribution in [1.29, 1.82) is 0 Å². The summed E-state index contributed by atoms with van der Waals surface area (Å²) in [6, 6.07) is 13.5. The molecule has 1 fully saturated rings. The van der Waals surface area contributed by atoms with Gasteiger partial charge in [-0.1, -0.05) is 6.07 Å². The highest BCUT2D eigenvalue weighted by Crippen LogP contribution is 2.37. The quantitative estimate of drug-likeness (QED) is 0.703. The lowest BCUT2D eigenvalue weighted by atomic mass is 10.1. The molecule has 5 nitrogen and oxygen atoms in total. The van der Waals surface area contributed by atoms with Crippen LogP contribution in [0.2, 0.25) is 0 Å². The van der Waals surface area contributed by atoms with Gasteiger partial charge < -0.3 is 19.1 Å². The Kier molecular flexibility index (Phi) is 5.89. The second kappa shape index (κ2) is 8.33. The Hall–Kier alpha value is -2.69. The first-order valence-electron chi connectivity index (χ1n) is 9.24. The molecule has 0 spiro atoms. The lowest BCUT2D eigenvalue weighted by Crippen LogP contribution is -2.41. The summed E-state index contributed by atoms with van der Waals surface area (Å²) in [5, 5.41) is 0. The van der Waals surface area contributed by atoms with Gasteiger partial charge >= 0.3 is 0 Å². The number of carbonyl (C=O) groups is 1. The van der Waals surface area contributed by atoms with Gasteiger partial charge in [-0.2, -0.15) is 0 Å². The number of rotatable bonds is 8. The molecule has 1 aliphatic carbocycles. The molecule has 0 heterocycles. The van der Waals surface area contributed by atoms with Crippen LogP contribution in [0.1, 0.15) is 25.3 Å². The van der Waals surface area contributed by atoms with E-state index < -0.39 is 0 Å². The molecule has 0 bridgehead atoms. The molecule has 144 valence electrons. The molecule has 2 aromatic rings. The minimum atomic E-state index is 0.0757. The molecule has 0 N–H and O–H groups in total. The molecule has 2 aromatic carbocycles. The van der Waals surface area contributed by atoms with Gasteiger partial charge in [-0.25, -0.2) is 0 Å². The number of methoxy groups -OCH3 is 3. The highest BCUT2D eigenvalue weighted by atomic mass is 16.5. The molecule has 1 aliphatic rings. The van der Waals surface area contributed by atoms with E-state index in [0.717, 1.165) is 17.0 Å². The third-order valence-corrected chi connectivity index (χ3v) is 5.13. The summed E-state index contributed by atoms with van der Waals surface area (Å²) in [6.07, 6.45) is 2.67. The molecule has 0 radical (unpaired) electrons. The first kappa shape index (κ1) is 19.1. The first-order valence-corrected chi connectivity index (χ1v) is 9.24. The fourth-order valence-corrected chi connectivity index (χ4v) is 3.39. The van der Waals surface area contributed by atoms with Crippen molar-refractivity contribution in [3.05, 3.63) is 48.0 Å². The van der Waals surface area contributed by atoms with Gasteiger partial charge in [-0.05, 0) is 67.6 Å². The van der Waals surface area contributed by atoms with Gasteiger partial charge in [0.25, 0.3) is 0 Å². The van der Waals surface area contributed by atoms with Crippen molar-refractivity contribution in [2.24, 2.45) is 5.92 Å². The van der Waals surface area contributed by atoms with Crippen LogP contribution in [0.4, 0.5) is 5.69 Å². The fraction of sp³-hybridized carbons (Fsp3) is 0.409. The Balaban J connectivity index is 1.84. The molecule has 1 amide bonds. The number of hydrogen-bond donors (Lipinski definition) is 0. The van der Waals surface area contributed by atoms with Crippen LogP contribution in [0.3, 0.4) is 0 Å². The average Bonchev–Trinajstić information content (AvgIpc) is 3.54. The Morgan fingerprint density at radius 1 is 1.00 bits per heavy atom. The Bertz CT molecular complexity index is 783. The second-order valence-electron chi connectivity index (χ2n) is 6.91. The van der Waals surface area contributed by atoms with Gasteiger partial charge in [0.1, 0.15) is 5.75 Å². The maximum absolute atomic E-state index is 13.2. The van der Waals surface area contributed by atoms with Crippen molar-refractivity contribution in [2.75, 3.05) is 26.2 Å². The predicted molar refractivity (Wildman–Crippen MR) is 106 cm³/mol. The summed E-state index contributed by atoms with van der Waals surface area (Å²) in [5.74, 6) is 2.72. The van der Waals surface area contributed by atoms with Crippen LogP contribution in [-0.4, -0.2) is 33.3 Å². The van der Waals surface area contributed by atoms with Crippen LogP contribution in [0.5, 0.6) is 17.2 Å². The summed E-state index contributed by atoms with van der Waals surface area (Å²) in [5.41, 5.74) is 1.81. The third kappa shape index (κ3) is 4.35. The molecule has 0 aliphatic heterocycles. The summed E-state index contributed by atoms with van der Waals surface area (Å²) >= 11 is 0. The first-order chi connectivity index (χ1) is 13.1. The molecule has 0 aromatic heterocycles. The van der Waals surface area contributed by atoms with Crippen LogP contribution in [-0.2, 0) is 11.2 Å². The van der Waals surface area contributed by atoms with E-state index in [1.165, 1.54) is 12.8 Å². The fourth-order valence-electron chi connectivity index (χ4n) is 3.39. The van der Waals surface area contributed by atoms with Gasteiger partial charge in [0.2, 0.25) is 5.91 Å². The Morgan fingerprint density at radius 2 is 1.67 bits per heavy atom. The molecule has 1 saturated carbocycles. The van der Waals surface area contributed by atoms with Crippen LogP contribution in [0.25, 0.3) is 0 Å². The number of anilines is 1. The molecular formula is C22H27NO4. The van der Waals surface area contributed by atoms with E-state index in [9.17, 15) is 4.79 Å². The lowest BCUT2D eigenvalue weighted by molar-refractivity contribution is -0.118. The number of ether oxygens (including phenoxy) is 3. The Labute approximate surface area is 160 Å². The molecule has 5 heteroatoms. The zero-order chi connectivity index (χ0) is 19.4. The SMILES string of the molecule is COc1ccc(N(C(=O)Cc2ccc(OC)c(OC)c2)C(C)C2CC2)cc1. The van der Waals surface area contributed by atoms with Crippen molar-refractivity contribution in [3.63, 3.8) is 0 Å². The summed E-state index contributed by atoms with van der Waals surface area (Å²) in [7, 11) is 4.84. The van der Waals surface area contributed by atoms with Crippen molar-refractivity contribution in [2.45, 2.75) is 32.2 Å². The minimum absolute atomic E-state index is 0.0757. The van der Waals surface area contributed by atoms with E-state index in [4.69, 9.17) is 14.2 Å². The van der Waals surface area contributed by atoms with Gasteiger partial charge in [-0.15, -0.1) is 0 Å². The minimum Gasteiger partial charge on any atom is -0.497 e. The van der Waals surface area contributed by atoms with Crippen LogP contribution >= 0.6 is 0 Å². The van der Waals surface area contributed by atoms with Crippen LogP contribution < -0.4 is 19.1 Å². The summed E-state index contributed by atoms with van der Waals surface area (Å²) < 4.78 is 15.9. The van der Waals surface area contributed by atoms with E-state index in [2.05, 4.69) is 6.92 Å². The van der Waals surface area contributed by atoms with E-state index >= 15 is 0 Å². The largest absolute Gasteiger partial charge is 0.497 e. The van der Waals surface area contributed by atoms with Gasteiger partial charge in [0.15, 0.2) is 11.5 Å². The highest BCUT2D eigenvalue weighted by molar-refractivity contribution is 5.95. The molecular weight excluding hydrogens is 342 g/mol. The van der Waals surface area contributed by atoms with Crippen molar-refractivity contribution in [1.82, 2.24) is 0 Å². The molecule has 1 unspecified atom stereocenters. The topological polar surface area (TPSA) is 48.0 Å². The van der Waals surface area contributed by atoms with E-state index in [1.54, 1.807) is 21.3 Å². The van der Waals surface area contributed by atoms with Gasteiger partial charge in [0, 0.05) is 11.7 Å².